The first kappa shape index (κ1) is 12.5. The molecule has 17 heavy (non-hydrogen) atoms. The largest absolute Gasteiger partial charge is 0.492 e. The van der Waals surface area contributed by atoms with E-state index in [1.165, 1.54) is 0 Å². The third kappa shape index (κ3) is 2.85. The molecule has 1 N–H and O–H groups in total. The van der Waals surface area contributed by atoms with E-state index in [0.29, 0.717) is 24.5 Å². The fraction of sp³-hybridized carbons (Fsp3) is 0.417. The number of halogens is 2. The number of rotatable bonds is 4. The Hall–Kier alpha value is -0.930. The van der Waals surface area contributed by atoms with E-state index in [-0.39, 0.29) is 11.8 Å². The molecule has 1 aliphatic carbocycles. The van der Waals surface area contributed by atoms with E-state index in [4.69, 9.17) is 27.9 Å². The summed E-state index contributed by atoms with van der Waals surface area (Å²) in [7, 11) is 0. The van der Waals surface area contributed by atoms with Gasteiger partial charge in [0.1, 0.15) is 10.1 Å². The number of amides is 1. The third-order valence-corrected chi connectivity index (χ3v) is 3.42. The van der Waals surface area contributed by atoms with Crippen LogP contribution in [0.15, 0.2) is 24.3 Å². The van der Waals surface area contributed by atoms with Crippen LogP contribution in [-0.2, 0) is 4.79 Å². The van der Waals surface area contributed by atoms with Gasteiger partial charge in [0.25, 0.3) is 0 Å². The predicted octanol–water partition coefficient (Wildman–Crippen LogP) is 3.22. The minimum absolute atomic E-state index is 0.165. The molecule has 92 valence electrons. The molecule has 0 radical (unpaired) electrons. The van der Waals surface area contributed by atoms with Crippen LogP contribution in [0.2, 0.25) is 0 Å². The Kier molecular flexibility index (Phi) is 3.50. The quantitative estimate of drug-likeness (QED) is 0.856. The van der Waals surface area contributed by atoms with Crippen LogP contribution >= 0.6 is 23.2 Å². The minimum atomic E-state index is -0.898. The fourth-order valence-corrected chi connectivity index (χ4v) is 2.08. The van der Waals surface area contributed by atoms with Gasteiger partial charge in [-0.15, -0.1) is 23.2 Å². The van der Waals surface area contributed by atoms with Gasteiger partial charge in [-0.1, -0.05) is 12.1 Å². The van der Waals surface area contributed by atoms with Crippen LogP contribution in [0, 0.1) is 5.92 Å². The van der Waals surface area contributed by atoms with Crippen LogP contribution in [0.3, 0.4) is 0 Å². The summed E-state index contributed by atoms with van der Waals surface area (Å²) in [6.45, 7) is 2.44. The van der Waals surface area contributed by atoms with Crippen molar-refractivity contribution in [1.82, 2.24) is 0 Å². The Morgan fingerprint density at radius 2 is 2.18 bits per heavy atom. The van der Waals surface area contributed by atoms with Crippen LogP contribution in [0.4, 0.5) is 5.69 Å². The molecule has 0 bridgehead atoms. The zero-order valence-electron chi connectivity index (χ0n) is 9.37. The van der Waals surface area contributed by atoms with Crippen molar-refractivity contribution in [2.24, 2.45) is 5.92 Å². The topological polar surface area (TPSA) is 38.3 Å². The summed E-state index contributed by atoms with van der Waals surface area (Å²) in [5, 5.41) is 2.78. The molecule has 1 saturated carbocycles. The average Bonchev–Trinajstić information content (AvgIpc) is 2.91. The summed E-state index contributed by atoms with van der Waals surface area (Å²) in [4.78, 5) is 11.8. The van der Waals surface area contributed by atoms with Crippen LogP contribution in [0.1, 0.15) is 13.3 Å². The number of nitrogens with one attached hydrogen (secondary N) is 1. The summed E-state index contributed by atoms with van der Waals surface area (Å²) in [6.07, 6.45) is 0.499. The second-order valence-corrected chi connectivity index (χ2v) is 5.48. The maximum absolute atomic E-state index is 11.8. The van der Waals surface area contributed by atoms with Crippen LogP contribution in [-0.4, -0.2) is 16.8 Å². The van der Waals surface area contributed by atoms with E-state index in [0.717, 1.165) is 0 Å². The number of ether oxygens (including phenoxy) is 1. The molecule has 0 spiro atoms. The van der Waals surface area contributed by atoms with Gasteiger partial charge in [0.15, 0.2) is 0 Å². The first-order valence-electron chi connectivity index (χ1n) is 5.45. The lowest BCUT2D eigenvalue weighted by atomic mass is 10.2. The van der Waals surface area contributed by atoms with Crippen molar-refractivity contribution >= 4 is 34.8 Å². The van der Waals surface area contributed by atoms with Gasteiger partial charge in [-0.2, -0.15) is 0 Å². The highest BCUT2D eigenvalue weighted by Crippen LogP contribution is 2.53. The monoisotopic (exact) mass is 273 g/mol. The van der Waals surface area contributed by atoms with Crippen LogP contribution in [0.25, 0.3) is 0 Å². The molecule has 1 aromatic rings. The molecule has 1 atom stereocenters. The van der Waals surface area contributed by atoms with Gasteiger partial charge in [0.2, 0.25) is 5.91 Å². The van der Waals surface area contributed by atoms with Gasteiger partial charge in [0, 0.05) is 0 Å². The lowest BCUT2D eigenvalue weighted by molar-refractivity contribution is -0.117. The summed E-state index contributed by atoms with van der Waals surface area (Å²) in [5.74, 6) is 0.154. The molecule has 1 fully saturated rings. The summed E-state index contributed by atoms with van der Waals surface area (Å²) in [6, 6.07) is 7.28. The second kappa shape index (κ2) is 4.75. The third-order valence-electron chi connectivity index (χ3n) is 2.59. The molecule has 1 aromatic carbocycles. The number of benzene rings is 1. The molecule has 5 heteroatoms. The van der Waals surface area contributed by atoms with Gasteiger partial charge < -0.3 is 10.1 Å². The van der Waals surface area contributed by atoms with Crippen molar-refractivity contribution in [3.8, 4) is 5.75 Å². The number of hydrogen-bond donors (Lipinski definition) is 1. The van der Waals surface area contributed by atoms with Gasteiger partial charge in [0.05, 0.1) is 18.2 Å². The molecule has 3 nitrogen and oxygen atoms in total. The highest BCUT2D eigenvalue weighted by Gasteiger charge is 2.56. The van der Waals surface area contributed by atoms with E-state index in [9.17, 15) is 4.79 Å². The van der Waals surface area contributed by atoms with Crippen molar-refractivity contribution in [3.63, 3.8) is 0 Å². The smallest absolute Gasteiger partial charge is 0.230 e. The second-order valence-electron chi connectivity index (χ2n) is 3.94. The van der Waals surface area contributed by atoms with Gasteiger partial charge >= 0.3 is 0 Å². The van der Waals surface area contributed by atoms with Crippen LogP contribution < -0.4 is 10.1 Å². The molecule has 0 heterocycles. The number of carbonyl (C=O) groups excluding carboxylic acids is 1. The standard InChI is InChI=1S/C12H13Cl2NO2/c1-2-17-10-6-4-3-5-9(10)15-11(16)8-7-12(8,13)14/h3-6,8H,2,7H2,1H3,(H,15,16)/t8-/m0/s1. The van der Waals surface area contributed by atoms with Crippen molar-refractivity contribution in [1.29, 1.82) is 0 Å². The lowest BCUT2D eigenvalue weighted by Gasteiger charge is -2.11. The number of carbonyl (C=O) groups is 1. The molecule has 2 rings (SSSR count). The predicted molar refractivity (Wildman–Crippen MR) is 68.8 cm³/mol. The van der Waals surface area contributed by atoms with Crippen molar-refractivity contribution in [2.45, 2.75) is 17.7 Å². The Balaban J connectivity index is 2.06. The molecule has 1 amide bonds. The minimum Gasteiger partial charge on any atom is -0.492 e. The molecular weight excluding hydrogens is 261 g/mol. The SMILES string of the molecule is CCOc1ccccc1NC(=O)[C@@H]1CC1(Cl)Cl. The first-order chi connectivity index (χ1) is 8.04. The maximum atomic E-state index is 11.8. The van der Waals surface area contributed by atoms with E-state index in [1.807, 2.05) is 19.1 Å². The normalized spacial score (nSPS) is 20.8. The number of alkyl halides is 2. The van der Waals surface area contributed by atoms with Crippen molar-refractivity contribution in [2.75, 3.05) is 11.9 Å². The van der Waals surface area contributed by atoms with Crippen molar-refractivity contribution in [3.05, 3.63) is 24.3 Å². The van der Waals surface area contributed by atoms with Gasteiger partial charge in [-0.25, -0.2) is 0 Å². The number of anilines is 1. The Morgan fingerprint density at radius 3 is 2.76 bits per heavy atom. The average molecular weight is 274 g/mol. The maximum Gasteiger partial charge on any atom is 0.230 e. The Morgan fingerprint density at radius 1 is 1.53 bits per heavy atom. The molecule has 0 unspecified atom stereocenters. The summed E-state index contributed by atoms with van der Waals surface area (Å²) >= 11 is 11.7. The summed E-state index contributed by atoms with van der Waals surface area (Å²) < 4.78 is 4.51. The van der Waals surface area contributed by atoms with E-state index in [1.54, 1.807) is 12.1 Å². The molecule has 0 aliphatic heterocycles. The molecule has 0 saturated heterocycles. The van der Waals surface area contributed by atoms with E-state index < -0.39 is 4.33 Å². The first-order valence-corrected chi connectivity index (χ1v) is 6.20. The summed E-state index contributed by atoms with van der Waals surface area (Å²) in [5.41, 5.74) is 0.649. The van der Waals surface area contributed by atoms with E-state index >= 15 is 0 Å². The van der Waals surface area contributed by atoms with E-state index in [2.05, 4.69) is 5.32 Å². The number of hydrogen-bond acceptors (Lipinski definition) is 2. The van der Waals surface area contributed by atoms with Crippen LogP contribution in [0.5, 0.6) is 5.75 Å². The highest BCUT2D eigenvalue weighted by molar-refractivity contribution is 6.52. The zero-order chi connectivity index (χ0) is 12.5. The Bertz CT molecular complexity index is 434. The number of para-hydroxylation sites is 2. The Labute approximate surface area is 110 Å². The lowest BCUT2D eigenvalue weighted by Crippen LogP contribution is -2.17. The van der Waals surface area contributed by atoms with Gasteiger partial charge in [-0.3, -0.25) is 4.79 Å². The van der Waals surface area contributed by atoms with Crippen molar-refractivity contribution < 1.29 is 9.53 Å². The molecular formula is C12H13Cl2NO2. The highest BCUT2D eigenvalue weighted by atomic mass is 35.5. The fourth-order valence-electron chi connectivity index (χ4n) is 1.57. The molecule has 0 aromatic heterocycles. The van der Waals surface area contributed by atoms with Gasteiger partial charge in [-0.05, 0) is 25.5 Å². The zero-order valence-corrected chi connectivity index (χ0v) is 10.9. The molecule has 1 aliphatic rings.